The van der Waals surface area contributed by atoms with Crippen LogP contribution >= 0.6 is 0 Å². The van der Waals surface area contributed by atoms with Gasteiger partial charge in [0.25, 0.3) is 0 Å². The molecule has 21 heavy (non-hydrogen) atoms. The number of nitrogens with zero attached hydrogens (tertiary/aromatic N) is 1. The molecule has 1 aromatic heterocycles. The van der Waals surface area contributed by atoms with Crippen molar-refractivity contribution < 1.29 is 8.42 Å². The zero-order chi connectivity index (χ0) is 15.3. The van der Waals surface area contributed by atoms with Crippen molar-refractivity contribution in [1.29, 1.82) is 0 Å². The average molecular weight is 306 g/mol. The quantitative estimate of drug-likeness (QED) is 0.854. The zero-order valence-corrected chi connectivity index (χ0v) is 13.4. The first-order valence-corrected chi connectivity index (χ1v) is 9.10. The molecule has 0 aliphatic rings. The van der Waals surface area contributed by atoms with Crippen LogP contribution in [0, 0.1) is 0 Å². The average Bonchev–Trinajstić information content (AvgIpc) is 2.51. The van der Waals surface area contributed by atoms with Gasteiger partial charge in [-0.1, -0.05) is 19.1 Å². The van der Waals surface area contributed by atoms with Gasteiger partial charge in [-0.15, -0.1) is 0 Å². The second-order valence-electron chi connectivity index (χ2n) is 5.18. The topological polar surface area (TPSA) is 59.1 Å². The molecule has 2 aromatic rings. The summed E-state index contributed by atoms with van der Waals surface area (Å²) in [6.07, 6.45) is 3.27. The van der Waals surface area contributed by atoms with E-state index in [2.05, 4.69) is 22.4 Å². The number of rotatable bonds is 7. The number of fused-ring (bicyclic) bond motifs is 1. The first-order valence-electron chi connectivity index (χ1n) is 7.28. The normalized spacial score (nSPS) is 13.4. The molecule has 2 rings (SSSR count). The molecule has 1 atom stereocenters. The highest BCUT2D eigenvalue weighted by molar-refractivity contribution is 7.91. The summed E-state index contributed by atoms with van der Waals surface area (Å²) >= 11 is 0. The van der Waals surface area contributed by atoms with E-state index in [-0.39, 0.29) is 17.5 Å². The maximum Gasteiger partial charge on any atom is 0.150 e. The lowest BCUT2D eigenvalue weighted by Crippen LogP contribution is -2.18. The molecule has 0 spiro atoms. The van der Waals surface area contributed by atoms with Gasteiger partial charge in [0.1, 0.15) is 9.84 Å². The van der Waals surface area contributed by atoms with Crippen molar-refractivity contribution in [2.75, 3.05) is 18.6 Å². The van der Waals surface area contributed by atoms with E-state index in [0.29, 0.717) is 6.42 Å². The number of pyridine rings is 1. The van der Waals surface area contributed by atoms with Crippen molar-refractivity contribution in [3.63, 3.8) is 0 Å². The van der Waals surface area contributed by atoms with E-state index in [1.165, 1.54) is 5.56 Å². The van der Waals surface area contributed by atoms with Crippen molar-refractivity contribution >= 4 is 20.7 Å². The van der Waals surface area contributed by atoms with Gasteiger partial charge in [0.05, 0.1) is 11.3 Å². The van der Waals surface area contributed by atoms with Crippen LogP contribution in [-0.2, 0) is 9.84 Å². The predicted octanol–water partition coefficient (Wildman–Crippen LogP) is 2.71. The van der Waals surface area contributed by atoms with E-state index < -0.39 is 9.84 Å². The lowest BCUT2D eigenvalue weighted by molar-refractivity contribution is 0.536. The van der Waals surface area contributed by atoms with E-state index in [4.69, 9.17) is 0 Å². The van der Waals surface area contributed by atoms with Gasteiger partial charge in [-0.25, -0.2) is 8.42 Å². The summed E-state index contributed by atoms with van der Waals surface area (Å²) in [5.74, 6) is 0.482. The Morgan fingerprint density at radius 3 is 2.81 bits per heavy atom. The van der Waals surface area contributed by atoms with Crippen LogP contribution in [0.25, 0.3) is 10.9 Å². The molecule has 5 heteroatoms. The molecule has 1 aromatic carbocycles. The van der Waals surface area contributed by atoms with Crippen molar-refractivity contribution in [1.82, 2.24) is 10.3 Å². The van der Waals surface area contributed by atoms with Crippen LogP contribution in [0.1, 0.15) is 31.4 Å². The molecule has 114 valence electrons. The van der Waals surface area contributed by atoms with E-state index >= 15 is 0 Å². The standard InChI is InChI=1S/C16H22N2O2S/c1-3-21(19,20)11-5-7-15(17-2)14-8-9-16-13(12-14)6-4-10-18-16/h4,6,8-10,12,15,17H,3,5,7,11H2,1-2H3. The highest BCUT2D eigenvalue weighted by Gasteiger charge is 2.13. The first-order chi connectivity index (χ1) is 10.1. The SMILES string of the molecule is CCS(=O)(=O)CCCC(NC)c1ccc2ncccc2c1. The molecule has 0 saturated heterocycles. The number of sulfone groups is 1. The van der Waals surface area contributed by atoms with Gasteiger partial charge < -0.3 is 5.32 Å². The molecule has 1 N–H and O–H groups in total. The highest BCUT2D eigenvalue weighted by atomic mass is 32.2. The minimum absolute atomic E-state index is 0.168. The van der Waals surface area contributed by atoms with Gasteiger partial charge in [0.2, 0.25) is 0 Å². The van der Waals surface area contributed by atoms with Crippen LogP contribution in [0.3, 0.4) is 0 Å². The van der Waals surface area contributed by atoms with Crippen LogP contribution in [0.2, 0.25) is 0 Å². The fourth-order valence-corrected chi connectivity index (χ4v) is 3.34. The summed E-state index contributed by atoms with van der Waals surface area (Å²) in [5.41, 5.74) is 2.15. The molecule has 4 nitrogen and oxygen atoms in total. The van der Waals surface area contributed by atoms with Crippen LogP contribution in [0.5, 0.6) is 0 Å². The molecular formula is C16H22N2O2S. The van der Waals surface area contributed by atoms with E-state index in [0.717, 1.165) is 17.3 Å². The number of nitrogens with one attached hydrogen (secondary N) is 1. The molecule has 0 aliphatic heterocycles. The summed E-state index contributed by atoms with van der Waals surface area (Å²) in [6.45, 7) is 1.70. The minimum atomic E-state index is -2.88. The second kappa shape index (κ2) is 7.00. The maximum absolute atomic E-state index is 11.6. The largest absolute Gasteiger partial charge is 0.313 e. The minimum Gasteiger partial charge on any atom is -0.313 e. The third kappa shape index (κ3) is 4.25. The predicted molar refractivity (Wildman–Crippen MR) is 87.1 cm³/mol. The molecule has 0 bridgehead atoms. The van der Waals surface area contributed by atoms with E-state index in [9.17, 15) is 8.42 Å². The Bertz CT molecular complexity index is 698. The highest BCUT2D eigenvalue weighted by Crippen LogP contribution is 2.22. The number of hydrogen-bond donors (Lipinski definition) is 1. The Hall–Kier alpha value is -1.46. The Morgan fingerprint density at radius 2 is 2.10 bits per heavy atom. The Balaban J connectivity index is 2.08. The van der Waals surface area contributed by atoms with Crippen molar-refractivity contribution in [2.45, 2.75) is 25.8 Å². The van der Waals surface area contributed by atoms with E-state index in [1.54, 1.807) is 13.1 Å². The summed E-state index contributed by atoms with van der Waals surface area (Å²) in [7, 11) is -0.969. The summed E-state index contributed by atoms with van der Waals surface area (Å²) in [4.78, 5) is 4.31. The Labute approximate surface area is 126 Å². The van der Waals surface area contributed by atoms with Gasteiger partial charge in [0.15, 0.2) is 0 Å². The van der Waals surface area contributed by atoms with Crippen LogP contribution in [0.4, 0.5) is 0 Å². The third-order valence-corrected chi connectivity index (χ3v) is 5.56. The Morgan fingerprint density at radius 1 is 1.29 bits per heavy atom. The molecule has 0 fully saturated rings. The van der Waals surface area contributed by atoms with Gasteiger partial charge in [0, 0.05) is 23.4 Å². The molecular weight excluding hydrogens is 284 g/mol. The lowest BCUT2D eigenvalue weighted by Gasteiger charge is -2.17. The molecule has 0 amide bonds. The molecule has 1 heterocycles. The number of benzene rings is 1. The monoisotopic (exact) mass is 306 g/mol. The number of hydrogen-bond acceptors (Lipinski definition) is 4. The van der Waals surface area contributed by atoms with Crippen molar-refractivity contribution in [2.24, 2.45) is 0 Å². The molecule has 0 aliphatic carbocycles. The lowest BCUT2D eigenvalue weighted by atomic mass is 10.0. The van der Waals surface area contributed by atoms with Gasteiger partial charge in [-0.2, -0.15) is 0 Å². The van der Waals surface area contributed by atoms with Gasteiger partial charge in [-0.3, -0.25) is 4.98 Å². The van der Waals surface area contributed by atoms with E-state index in [1.807, 2.05) is 25.2 Å². The summed E-state index contributed by atoms with van der Waals surface area (Å²) < 4.78 is 23.1. The maximum atomic E-state index is 11.6. The molecule has 0 saturated carbocycles. The summed E-state index contributed by atoms with van der Waals surface area (Å²) in [5, 5.41) is 4.38. The second-order valence-corrected chi connectivity index (χ2v) is 7.65. The summed E-state index contributed by atoms with van der Waals surface area (Å²) in [6, 6.07) is 10.3. The van der Waals surface area contributed by atoms with Gasteiger partial charge >= 0.3 is 0 Å². The zero-order valence-electron chi connectivity index (χ0n) is 12.5. The smallest absolute Gasteiger partial charge is 0.150 e. The molecule has 0 radical (unpaired) electrons. The van der Waals surface area contributed by atoms with Gasteiger partial charge in [-0.05, 0) is 43.7 Å². The van der Waals surface area contributed by atoms with Crippen LogP contribution in [0.15, 0.2) is 36.5 Å². The van der Waals surface area contributed by atoms with Crippen molar-refractivity contribution in [3.05, 3.63) is 42.1 Å². The van der Waals surface area contributed by atoms with Crippen LogP contribution < -0.4 is 5.32 Å². The fourth-order valence-electron chi connectivity index (χ4n) is 2.44. The fraction of sp³-hybridized carbons (Fsp3) is 0.438. The Kier molecular flexibility index (Phi) is 5.31. The third-order valence-electron chi connectivity index (χ3n) is 3.77. The first kappa shape index (κ1) is 15.9. The van der Waals surface area contributed by atoms with Crippen molar-refractivity contribution in [3.8, 4) is 0 Å². The number of aromatic nitrogens is 1. The molecule has 1 unspecified atom stereocenters. The van der Waals surface area contributed by atoms with Crippen LogP contribution in [-0.4, -0.2) is 32.0 Å².